The van der Waals surface area contributed by atoms with Crippen LogP contribution in [0.3, 0.4) is 0 Å². The predicted octanol–water partition coefficient (Wildman–Crippen LogP) is 3.42. The maximum atomic E-state index is 13.9. The molecule has 20 heavy (non-hydrogen) atoms. The van der Waals surface area contributed by atoms with Gasteiger partial charge < -0.3 is 5.73 Å². The van der Waals surface area contributed by atoms with E-state index in [0.717, 1.165) is 21.9 Å². The van der Waals surface area contributed by atoms with Crippen molar-refractivity contribution < 1.29 is 9.18 Å². The summed E-state index contributed by atoms with van der Waals surface area (Å²) in [5.74, 6) is -0.871. The van der Waals surface area contributed by atoms with Crippen LogP contribution in [0.25, 0.3) is 0 Å². The van der Waals surface area contributed by atoms with Crippen molar-refractivity contribution in [2.75, 3.05) is 0 Å². The van der Waals surface area contributed by atoms with Crippen LogP contribution >= 0.6 is 22.9 Å². The summed E-state index contributed by atoms with van der Waals surface area (Å²) in [7, 11) is 0. The summed E-state index contributed by atoms with van der Waals surface area (Å²) in [5, 5.41) is 1.15. The number of primary amides is 1. The van der Waals surface area contributed by atoms with Gasteiger partial charge in [-0.3, -0.25) is 4.79 Å². The molecule has 1 aliphatic rings. The molecule has 1 aromatic heterocycles. The van der Waals surface area contributed by atoms with Crippen LogP contribution in [0, 0.1) is 12.7 Å². The molecular weight excluding hydrogens is 299 g/mol. The molecule has 1 heterocycles. The summed E-state index contributed by atoms with van der Waals surface area (Å²) in [6, 6.07) is 3.10. The van der Waals surface area contributed by atoms with Gasteiger partial charge in [0.05, 0.1) is 5.01 Å². The fraction of sp³-hybridized carbons (Fsp3) is 0.286. The van der Waals surface area contributed by atoms with E-state index >= 15 is 0 Å². The van der Waals surface area contributed by atoms with Gasteiger partial charge in [0, 0.05) is 15.8 Å². The number of nitrogens with zero attached hydrogens (tertiary/aromatic N) is 1. The number of fused-ring (bicyclic) bond motifs is 1. The Kier molecular flexibility index (Phi) is 3.26. The monoisotopic (exact) mass is 310 g/mol. The first-order valence-corrected chi connectivity index (χ1v) is 7.41. The molecule has 3 nitrogen and oxygen atoms in total. The number of aromatic nitrogens is 1. The quantitative estimate of drug-likeness (QED) is 0.924. The summed E-state index contributed by atoms with van der Waals surface area (Å²) in [6.45, 7) is 1.83. The van der Waals surface area contributed by atoms with Gasteiger partial charge >= 0.3 is 0 Å². The molecule has 0 fully saturated rings. The first-order valence-electron chi connectivity index (χ1n) is 6.22. The second-order valence-electron chi connectivity index (χ2n) is 4.86. The fourth-order valence-electron chi connectivity index (χ4n) is 2.77. The highest BCUT2D eigenvalue weighted by molar-refractivity contribution is 7.12. The molecule has 1 atom stereocenters. The van der Waals surface area contributed by atoms with Crippen molar-refractivity contribution in [1.29, 1.82) is 0 Å². The molecule has 0 radical (unpaired) electrons. The van der Waals surface area contributed by atoms with Crippen molar-refractivity contribution in [3.05, 3.63) is 49.7 Å². The van der Waals surface area contributed by atoms with Gasteiger partial charge in [0.1, 0.15) is 11.5 Å². The van der Waals surface area contributed by atoms with Crippen molar-refractivity contribution in [1.82, 2.24) is 4.98 Å². The maximum Gasteiger partial charge on any atom is 0.268 e. The van der Waals surface area contributed by atoms with Crippen LogP contribution in [0.5, 0.6) is 0 Å². The number of benzene rings is 1. The molecule has 0 saturated heterocycles. The van der Waals surface area contributed by atoms with Crippen molar-refractivity contribution >= 4 is 28.8 Å². The minimum absolute atomic E-state index is 0.0492. The van der Waals surface area contributed by atoms with Crippen molar-refractivity contribution in [3.8, 4) is 0 Å². The fourth-order valence-corrected chi connectivity index (χ4v) is 4.07. The van der Waals surface area contributed by atoms with E-state index in [-0.39, 0.29) is 11.7 Å². The Hall–Kier alpha value is -1.46. The lowest BCUT2D eigenvalue weighted by atomic mass is 9.98. The molecule has 0 saturated carbocycles. The zero-order chi connectivity index (χ0) is 14.4. The van der Waals surface area contributed by atoms with Crippen LogP contribution in [-0.4, -0.2) is 10.9 Å². The van der Waals surface area contributed by atoms with E-state index in [9.17, 15) is 9.18 Å². The lowest BCUT2D eigenvalue weighted by Gasteiger charge is -2.11. The summed E-state index contributed by atoms with van der Waals surface area (Å²) in [5.41, 5.74) is 7.21. The van der Waals surface area contributed by atoms with E-state index in [4.69, 9.17) is 17.3 Å². The molecule has 0 bridgehead atoms. The average molecular weight is 311 g/mol. The van der Waals surface area contributed by atoms with E-state index in [1.54, 1.807) is 6.07 Å². The van der Waals surface area contributed by atoms with E-state index < -0.39 is 5.91 Å². The van der Waals surface area contributed by atoms with Gasteiger partial charge in [0.25, 0.3) is 5.91 Å². The molecule has 2 N–H and O–H groups in total. The number of thiazole rings is 1. The zero-order valence-corrected chi connectivity index (χ0v) is 12.3. The van der Waals surface area contributed by atoms with Crippen molar-refractivity contribution in [2.24, 2.45) is 5.73 Å². The molecule has 0 spiro atoms. The van der Waals surface area contributed by atoms with E-state index in [2.05, 4.69) is 4.98 Å². The van der Waals surface area contributed by atoms with Crippen LogP contribution < -0.4 is 5.73 Å². The van der Waals surface area contributed by atoms with E-state index in [0.29, 0.717) is 22.7 Å². The SMILES string of the molecule is Cc1nc(C(N)=O)c([C@@H]2CCc3c(F)cc(Cl)cc32)s1. The first-order chi connectivity index (χ1) is 9.47. The predicted molar refractivity (Wildman–Crippen MR) is 76.9 cm³/mol. The molecule has 2 aromatic rings. The van der Waals surface area contributed by atoms with Crippen LogP contribution in [0.4, 0.5) is 4.39 Å². The van der Waals surface area contributed by atoms with Gasteiger partial charge in [0.15, 0.2) is 0 Å². The molecule has 1 aliphatic carbocycles. The molecule has 0 unspecified atom stereocenters. The Morgan fingerprint density at radius 1 is 1.55 bits per heavy atom. The van der Waals surface area contributed by atoms with Crippen LogP contribution in [0.15, 0.2) is 12.1 Å². The Labute approximate surface area is 124 Å². The smallest absolute Gasteiger partial charge is 0.268 e. The number of nitrogens with two attached hydrogens (primary N) is 1. The number of carbonyl (C=O) groups excluding carboxylic acids is 1. The lowest BCUT2D eigenvalue weighted by molar-refractivity contribution is 0.0995. The molecular formula is C14H12ClFN2OS. The molecule has 0 aliphatic heterocycles. The molecule has 1 aromatic carbocycles. The minimum atomic E-state index is -0.541. The van der Waals surface area contributed by atoms with Crippen molar-refractivity contribution in [2.45, 2.75) is 25.7 Å². The second kappa shape index (κ2) is 4.82. The Morgan fingerprint density at radius 3 is 3.00 bits per heavy atom. The zero-order valence-electron chi connectivity index (χ0n) is 10.7. The third-order valence-corrected chi connectivity index (χ3v) is 4.87. The summed E-state index contributed by atoms with van der Waals surface area (Å²) >= 11 is 7.38. The Morgan fingerprint density at radius 2 is 2.30 bits per heavy atom. The second-order valence-corrected chi connectivity index (χ2v) is 6.53. The number of rotatable bonds is 2. The number of carbonyl (C=O) groups is 1. The number of hydrogen-bond acceptors (Lipinski definition) is 3. The summed E-state index contributed by atoms with van der Waals surface area (Å²) in [4.78, 5) is 16.5. The van der Waals surface area contributed by atoms with Gasteiger partial charge in [-0.2, -0.15) is 0 Å². The van der Waals surface area contributed by atoms with E-state index in [1.807, 2.05) is 6.92 Å². The Balaban J connectivity index is 2.14. The first kappa shape index (κ1) is 13.5. The molecule has 3 rings (SSSR count). The third kappa shape index (κ3) is 2.11. The van der Waals surface area contributed by atoms with Gasteiger partial charge in [-0.05, 0) is 43.0 Å². The van der Waals surface area contributed by atoms with Crippen LogP contribution in [0.1, 0.15) is 43.8 Å². The molecule has 6 heteroatoms. The minimum Gasteiger partial charge on any atom is -0.364 e. The van der Waals surface area contributed by atoms with Crippen molar-refractivity contribution in [3.63, 3.8) is 0 Å². The number of halogens is 2. The van der Waals surface area contributed by atoms with E-state index in [1.165, 1.54) is 17.4 Å². The summed E-state index contributed by atoms with van der Waals surface area (Å²) < 4.78 is 13.9. The maximum absolute atomic E-state index is 13.9. The highest BCUT2D eigenvalue weighted by atomic mass is 35.5. The standard InChI is InChI=1S/C14H12ClFN2OS/c1-6-18-12(14(17)19)13(20-6)9-3-2-8-10(9)4-7(15)5-11(8)16/h4-5,9H,2-3H2,1H3,(H2,17,19)/t9-/m1/s1. The van der Waals surface area contributed by atoms with Gasteiger partial charge in [-0.25, -0.2) is 9.37 Å². The van der Waals surface area contributed by atoms with Gasteiger partial charge in [0.2, 0.25) is 0 Å². The van der Waals surface area contributed by atoms with Gasteiger partial charge in [-0.15, -0.1) is 11.3 Å². The topological polar surface area (TPSA) is 56.0 Å². The van der Waals surface area contributed by atoms with Crippen LogP contribution in [0.2, 0.25) is 5.02 Å². The highest BCUT2D eigenvalue weighted by Crippen LogP contribution is 2.43. The lowest BCUT2D eigenvalue weighted by Crippen LogP contribution is -2.15. The highest BCUT2D eigenvalue weighted by Gasteiger charge is 2.31. The van der Waals surface area contributed by atoms with Crippen LogP contribution in [-0.2, 0) is 6.42 Å². The molecule has 1 amide bonds. The van der Waals surface area contributed by atoms with Gasteiger partial charge in [-0.1, -0.05) is 11.6 Å². The summed E-state index contributed by atoms with van der Waals surface area (Å²) in [6.07, 6.45) is 1.38. The average Bonchev–Trinajstić information content (AvgIpc) is 2.92. The number of aryl methyl sites for hydroxylation is 1. The number of amides is 1. The third-order valence-electron chi connectivity index (χ3n) is 3.56. The normalized spacial score (nSPS) is 17.2. The number of hydrogen-bond donors (Lipinski definition) is 1. The largest absolute Gasteiger partial charge is 0.364 e. The molecule has 104 valence electrons. The Bertz CT molecular complexity index is 713.